The normalized spacial score (nSPS) is 12.4. The van der Waals surface area contributed by atoms with E-state index in [1.54, 1.807) is 24.3 Å². The molecule has 0 saturated heterocycles. The zero-order valence-electron chi connectivity index (χ0n) is 9.69. The molecule has 0 spiro atoms. The van der Waals surface area contributed by atoms with Crippen molar-refractivity contribution in [1.82, 2.24) is 0 Å². The maximum Gasteiger partial charge on any atom is 0.169 e. The number of ether oxygens (including phenoxy) is 1. The first-order valence-electron chi connectivity index (χ1n) is 5.36. The standard InChI is InChI=1S/C13H12BrFO3/c1-17-11-4-2-3-8(13(11)15)7-9(16)10-5-6-12(14)18-10/h2-6,9,16H,7H2,1H3. The van der Waals surface area contributed by atoms with E-state index in [1.165, 1.54) is 13.2 Å². The Morgan fingerprint density at radius 2 is 2.17 bits per heavy atom. The molecule has 0 radical (unpaired) electrons. The van der Waals surface area contributed by atoms with E-state index in [-0.39, 0.29) is 12.2 Å². The number of methoxy groups -OCH3 is 1. The minimum absolute atomic E-state index is 0.128. The molecule has 1 heterocycles. The van der Waals surface area contributed by atoms with Gasteiger partial charge in [0.25, 0.3) is 0 Å². The molecule has 18 heavy (non-hydrogen) atoms. The number of halogens is 2. The van der Waals surface area contributed by atoms with Crippen molar-refractivity contribution in [2.75, 3.05) is 7.11 Å². The minimum Gasteiger partial charge on any atom is -0.494 e. The van der Waals surface area contributed by atoms with Gasteiger partial charge in [0.2, 0.25) is 0 Å². The molecular weight excluding hydrogens is 303 g/mol. The molecule has 0 amide bonds. The van der Waals surface area contributed by atoms with Crippen LogP contribution in [0.3, 0.4) is 0 Å². The van der Waals surface area contributed by atoms with E-state index in [0.29, 0.717) is 16.0 Å². The Morgan fingerprint density at radius 1 is 1.39 bits per heavy atom. The van der Waals surface area contributed by atoms with Gasteiger partial charge in [0.05, 0.1) is 7.11 Å². The van der Waals surface area contributed by atoms with Crippen LogP contribution in [-0.4, -0.2) is 12.2 Å². The summed E-state index contributed by atoms with van der Waals surface area (Å²) in [4.78, 5) is 0. The fourth-order valence-electron chi connectivity index (χ4n) is 1.69. The number of rotatable bonds is 4. The van der Waals surface area contributed by atoms with Crippen molar-refractivity contribution in [3.63, 3.8) is 0 Å². The van der Waals surface area contributed by atoms with Gasteiger partial charge in [0, 0.05) is 6.42 Å². The second kappa shape index (κ2) is 5.54. The predicted molar refractivity (Wildman–Crippen MR) is 68.0 cm³/mol. The summed E-state index contributed by atoms with van der Waals surface area (Å²) in [6, 6.07) is 8.16. The van der Waals surface area contributed by atoms with Gasteiger partial charge in [-0.2, -0.15) is 0 Å². The molecule has 5 heteroatoms. The van der Waals surface area contributed by atoms with E-state index in [9.17, 15) is 9.50 Å². The van der Waals surface area contributed by atoms with Crippen LogP contribution < -0.4 is 4.74 Å². The number of hydrogen-bond acceptors (Lipinski definition) is 3. The number of furan rings is 1. The fraction of sp³-hybridized carbons (Fsp3) is 0.231. The van der Waals surface area contributed by atoms with E-state index in [2.05, 4.69) is 15.9 Å². The molecule has 1 N–H and O–H groups in total. The minimum atomic E-state index is -0.891. The fourth-order valence-corrected chi connectivity index (χ4v) is 2.01. The molecule has 1 aromatic heterocycles. The zero-order valence-corrected chi connectivity index (χ0v) is 11.3. The van der Waals surface area contributed by atoms with Gasteiger partial charge in [-0.05, 0) is 39.7 Å². The maximum atomic E-state index is 13.9. The van der Waals surface area contributed by atoms with Crippen molar-refractivity contribution in [1.29, 1.82) is 0 Å². The van der Waals surface area contributed by atoms with Crippen LogP contribution in [0.2, 0.25) is 0 Å². The maximum absolute atomic E-state index is 13.9. The predicted octanol–water partition coefficient (Wildman–Crippen LogP) is 3.47. The highest BCUT2D eigenvalue weighted by Crippen LogP contribution is 2.27. The number of hydrogen-bond donors (Lipinski definition) is 1. The highest BCUT2D eigenvalue weighted by Gasteiger charge is 2.16. The smallest absolute Gasteiger partial charge is 0.169 e. The van der Waals surface area contributed by atoms with Crippen LogP contribution in [0.15, 0.2) is 39.4 Å². The van der Waals surface area contributed by atoms with Crippen LogP contribution in [0.5, 0.6) is 5.75 Å². The molecule has 1 atom stereocenters. The first-order valence-corrected chi connectivity index (χ1v) is 6.15. The van der Waals surface area contributed by atoms with E-state index >= 15 is 0 Å². The summed E-state index contributed by atoms with van der Waals surface area (Å²) in [6.07, 6.45) is -0.763. The van der Waals surface area contributed by atoms with Gasteiger partial charge in [-0.3, -0.25) is 0 Å². The summed E-state index contributed by atoms with van der Waals surface area (Å²) in [7, 11) is 1.41. The average molecular weight is 315 g/mol. The first kappa shape index (κ1) is 13.1. The van der Waals surface area contributed by atoms with E-state index in [0.717, 1.165) is 0 Å². The zero-order chi connectivity index (χ0) is 13.1. The molecule has 2 rings (SSSR count). The van der Waals surface area contributed by atoms with Crippen LogP contribution in [0.1, 0.15) is 17.4 Å². The molecule has 96 valence electrons. The monoisotopic (exact) mass is 314 g/mol. The Kier molecular flexibility index (Phi) is 4.04. The Hall–Kier alpha value is -1.33. The highest BCUT2D eigenvalue weighted by atomic mass is 79.9. The molecule has 3 nitrogen and oxygen atoms in total. The summed E-state index contributed by atoms with van der Waals surface area (Å²) in [6.45, 7) is 0. The van der Waals surface area contributed by atoms with Gasteiger partial charge in [-0.15, -0.1) is 0 Å². The lowest BCUT2D eigenvalue weighted by Crippen LogP contribution is -2.03. The molecule has 0 fully saturated rings. The molecule has 0 aliphatic carbocycles. The Balaban J connectivity index is 2.19. The van der Waals surface area contributed by atoms with Crippen LogP contribution in [0.4, 0.5) is 4.39 Å². The van der Waals surface area contributed by atoms with Crippen molar-refractivity contribution in [3.05, 3.63) is 52.1 Å². The molecule has 0 aliphatic heterocycles. The Labute approximate surface area is 112 Å². The lowest BCUT2D eigenvalue weighted by Gasteiger charge is -2.10. The highest BCUT2D eigenvalue weighted by molar-refractivity contribution is 9.10. The molecule has 0 aliphatic rings. The second-order valence-electron chi connectivity index (χ2n) is 3.80. The SMILES string of the molecule is COc1cccc(CC(O)c2ccc(Br)o2)c1F. The summed E-state index contributed by atoms with van der Waals surface area (Å²) in [5.74, 6) is 0.106. The van der Waals surface area contributed by atoms with Crippen molar-refractivity contribution < 1.29 is 18.7 Å². The van der Waals surface area contributed by atoms with Crippen LogP contribution in [0, 0.1) is 5.82 Å². The van der Waals surface area contributed by atoms with Crippen molar-refractivity contribution >= 4 is 15.9 Å². The third kappa shape index (κ3) is 2.73. The topological polar surface area (TPSA) is 42.6 Å². The second-order valence-corrected chi connectivity index (χ2v) is 4.58. The number of benzene rings is 1. The van der Waals surface area contributed by atoms with Crippen LogP contribution in [-0.2, 0) is 6.42 Å². The molecule has 1 aromatic carbocycles. The van der Waals surface area contributed by atoms with Gasteiger partial charge in [-0.25, -0.2) is 4.39 Å². The van der Waals surface area contributed by atoms with Gasteiger partial charge in [0.15, 0.2) is 16.2 Å². The summed E-state index contributed by atoms with van der Waals surface area (Å²) >= 11 is 3.15. The molecule has 1 unspecified atom stereocenters. The molecule has 0 saturated carbocycles. The van der Waals surface area contributed by atoms with E-state index in [1.807, 2.05) is 0 Å². The first-order chi connectivity index (χ1) is 8.61. The summed E-state index contributed by atoms with van der Waals surface area (Å²) < 4.78 is 24.5. The third-order valence-corrected chi connectivity index (χ3v) is 3.03. The lowest BCUT2D eigenvalue weighted by molar-refractivity contribution is 0.147. The largest absolute Gasteiger partial charge is 0.494 e. The van der Waals surface area contributed by atoms with E-state index < -0.39 is 11.9 Å². The number of aliphatic hydroxyl groups is 1. The van der Waals surface area contributed by atoms with Crippen molar-refractivity contribution in [2.45, 2.75) is 12.5 Å². The molecule has 0 bridgehead atoms. The summed E-state index contributed by atoms with van der Waals surface area (Å²) in [5.41, 5.74) is 0.384. The van der Waals surface area contributed by atoms with Gasteiger partial charge in [0.1, 0.15) is 11.9 Å². The number of aliphatic hydroxyl groups excluding tert-OH is 1. The van der Waals surface area contributed by atoms with E-state index in [4.69, 9.17) is 9.15 Å². The molecule has 2 aromatic rings. The summed E-state index contributed by atoms with van der Waals surface area (Å²) in [5, 5.41) is 9.95. The van der Waals surface area contributed by atoms with Crippen molar-refractivity contribution in [2.24, 2.45) is 0 Å². The third-order valence-electron chi connectivity index (χ3n) is 2.60. The van der Waals surface area contributed by atoms with Gasteiger partial charge < -0.3 is 14.3 Å². The Bertz CT molecular complexity index is 539. The van der Waals surface area contributed by atoms with Crippen LogP contribution in [0.25, 0.3) is 0 Å². The average Bonchev–Trinajstić information content (AvgIpc) is 2.78. The molecular formula is C13H12BrFO3. The Morgan fingerprint density at radius 3 is 2.78 bits per heavy atom. The van der Waals surface area contributed by atoms with Gasteiger partial charge in [-0.1, -0.05) is 12.1 Å². The van der Waals surface area contributed by atoms with Crippen LogP contribution >= 0.6 is 15.9 Å². The lowest BCUT2D eigenvalue weighted by atomic mass is 10.1. The van der Waals surface area contributed by atoms with Crippen molar-refractivity contribution in [3.8, 4) is 5.75 Å². The van der Waals surface area contributed by atoms with Gasteiger partial charge >= 0.3 is 0 Å². The quantitative estimate of drug-likeness (QED) is 0.939.